The topological polar surface area (TPSA) is 38.0 Å². The molecule has 0 amide bonds. The Morgan fingerprint density at radius 1 is 1.36 bits per heavy atom. The van der Waals surface area contributed by atoms with Crippen molar-refractivity contribution in [1.82, 2.24) is 5.32 Å². The summed E-state index contributed by atoms with van der Waals surface area (Å²) >= 11 is 5.83. The Morgan fingerprint density at radius 3 is 2.50 bits per heavy atom. The fourth-order valence-electron chi connectivity index (χ4n) is 1.07. The van der Waals surface area contributed by atoms with Gasteiger partial charge in [-0.15, -0.1) is 0 Å². The summed E-state index contributed by atoms with van der Waals surface area (Å²) in [6.45, 7) is 7.20. The maximum Gasteiger partial charge on any atom is 0.0635 e. The number of hydrogen-bond acceptors (Lipinski definition) is 2. The van der Waals surface area contributed by atoms with E-state index in [0.29, 0.717) is 10.7 Å². The highest BCUT2D eigenvalue weighted by atomic mass is 35.5. The monoisotopic (exact) mass is 212 g/mol. The van der Waals surface area contributed by atoms with Gasteiger partial charge in [0.15, 0.2) is 0 Å². The molecule has 0 heterocycles. The zero-order valence-electron chi connectivity index (χ0n) is 8.89. The van der Waals surface area contributed by atoms with Crippen LogP contribution in [0.5, 0.6) is 0 Å². The minimum absolute atomic E-state index is 0.119. The predicted octanol–water partition coefficient (Wildman–Crippen LogP) is 2.81. The molecule has 0 fully saturated rings. The molecule has 3 heteroatoms. The van der Waals surface area contributed by atoms with Gasteiger partial charge in [0.05, 0.1) is 10.7 Å². The molecule has 78 valence electrons. The summed E-state index contributed by atoms with van der Waals surface area (Å²) in [6.07, 6.45) is 0. The van der Waals surface area contributed by atoms with Crippen LogP contribution in [0.4, 0.5) is 5.69 Å². The van der Waals surface area contributed by atoms with Crippen molar-refractivity contribution in [2.24, 2.45) is 0 Å². The Hall–Kier alpha value is -0.730. The molecule has 0 saturated carbocycles. The number of benzene rings is 1. The Bertz CT molecular complexity index is 316. The van der Waals surface area contributed by atoms with Gasteiger partial charge in [0, 0.05) is 12.1 Å². The Kier molecular flexibility index (Phi) is 3.40. The average molecular weight is 213 g/mol. The fourth-order valence-corrected chi connectivity index (χ4v) is 1.19. The average Bonchev–Trinajstić information content (AvgIpc) is 2.06. The van der Waals surface area contributed by atoms with Crippen molar-refractivity contribution in [2.75, 3.05) is 5.73 Å². The van der Waals surface area contributed by atoms with Crippen molar-refractivity contribution in [3.8, 4) is 0 Å². The van der Waals surface area contributed by atoms with Gasteiger partial charge < -0.3 is 11.1 Å². The van der Waals surface area contributed by atoms with Crippen LogP contribution in [0.3, 0.4) is 0 Å². The van der Waals surface area contributed by atoms with Crippen molar-refractivity contribution in [2.45, 2.75) is 32.9 Å². The lowest BCUT2D eigenvalue weighted by atomic mass is 10.1. The second-order valence-electron chi connectivity index (χ2n) is 4.46. The van der Waals surface area contributed by atoms with Crippen LogP contribution in [-0.4, -0.2) is 5.54 Å². The van der Waals surface area contributed by atoms with Crippen LogP contribution in [0.2, 0.25) is 5.02 Å². The van der Waals surface area contributed by atoms with E-state index >= 15 is 0 Å². The second kappa shape index (κ2) is 4.20. The molecule has 0 saturated heterocycles. The Balaban J connectivity index is 2.65. The van der Waals surface area contributed by atoms with Gasteiger partial charge in [-0.25, -0.2) is 0 Å². The fraction of sp³-hybridized carbons (Fsp3) is 0.455. The summed E-state index contributed by atoms with van der Waals surface area (Å²) in [5.74, 6) is 0. The number of halogens is 1. The van der Waals surface area contributed by atoms with Gasteiger partial charge in [-0.2, -0.15) is 0 Å². The summed E-state index contributed by atoms with van der Waals surface area (Å²) < 4.78 is 0. The third-order valence-corrected chi connectivity index (χ3v) is 2.23. The molecule has 1 rings (SSSR count). The molecule has 2 nitrogen and oxygen atoms in total. The number of nitrogens with two attached hydrogens (primary N) is 1. The van der Waals surface area contributed by atoms with E-state index in [1.807, 2.05) is 18.2 Å². The van der Waals surface area contributed by atoms with E-state index in [-0.39, 0.29) is 5.54 Å². The molecule has 3 N–H and O–H groups in total. The van der Waals surface area contributed by atoms with Gasteiger partial charge in [0.25, 0.3) is 0 Å². The number of anilines is 1. The van der Waals surface area contributed by atoms with E-state index in [2.05, 4.69) is 26.1 Å². The van der Waals surface area contributed by atoms with Crippen molar-refractivity contribution in [3.05, 3.63) is 28.8 Å². The van der Waals surface area contributed by atoms with Crippen LogP contribution in [-0.2, 0) is 6.54 Å². The van der Waals surface area contributed by atoms with E-state index in [0.717, 1.165) is 12.1 Å². The molecule has 0 atom stereocenters. The minimum Gasteiger partial charge on any atom is -0.398 e. The highest BCUT2D eigenvalue weighted by Gasteiger charge is 2.08. The van der Waals surface area contributed by atoms with Crippen LogP contribution < -0.4 is 11.1 Å². The van der Waals surface area contributed by atoms with Crippen molar-refractivity contribution in [1.29, 1.82) is 0 Å². The lowest BCUT2D eigenvalue weighted by Gasteiger charge is -2.20. The summed E-state index contributed by atoms with van der Waals surface area (Å²) in [5.41, 5.74) is 7.61. The van der Waals surface area contributed by atoms with Gasteiger partial charge in [-0.1, -0.05) is 17.7 Å². The van der Waals surface area contributed by atoms with Crippen LogP contribution in [0.1, 0.15) is 26.3 Å². The first kappa shape index (κ1) is 11.3. The third kappa shape index (κ3) is 3.56. The maximum absolute atomic E-state index is 5.83. The van der Waals surface area contributed by atoms with E-state index < -0.39 is 0 Å². The molecule has 0 aliphatic heterocycles. The molecule has 0 aromatic heterocycles. The highest BCUT2D eigenvalue weighted by Crippen LogP contribution is 2.19. The van der Waals surface area contributed by atoms with Gasteiger partial charge in [-0.3, -0.25) is 0 Å². The summed E-state index contributed by atoms with van der Waals surface area (Å²) in [5, 5.41) is 4.00. The number of rotatable bonds is 2. The number of nitrogens with one attached hydrogen (secondary N) is 1. The summed E-state index contributed by atoms with van der Waals surface area (Å²) in [6, 6.07) is 5.72. The van der Waals surface area contributed by atoms with Crippen LogP contribution in [0.25, 0.3) is 0 Å². The van der Waals surface area contributed by atoms with Gasteiger partial charge in [0.1, 0.15) is 0 Å². The molecule has 1 aromatic carbocycles. The second-order valence-corrected chi connectivity index (χ2v) is 4.87. The van der Waals surface area contributed by atoms with E-state index in [1.165, 1.54) is 0 Å². The normalized spacial score (nSPS) is 11.7. The molecule has 0 unspecified atom stereocenters. The molecule has 0 radical (unpaired) electrons. The van der Waals surface area contributed by atoms with Gasteiger partial charge in [-0.05, 0) is 38.5 Å². The van der Waals surface area contributed by atoms with Crippen LogP contribution >= 0.6 is 11.6 Å². The smallest absolute Gasteiger partial charge is 0.0635 e. The quantitative estimate of drug-likeness (QED) is 0.740. The molecule has 14 heavy (non-hydrogen) atoms. The largest absolute Gasteiger partial charge is 0.398 e. The third-order valence-electron chi connectivity index (χ3n) is 1.88. The highest BCUT2D eigenvalue weighted by molar-refractivity contribution is 6.33. The van der Waals surface area contributed by atoms with Crippen molar-refractivity contribution in [3.63, 3.8) is 0 Å². The molecule has 0 aliphatic rings. The first-order valence-electron chi connectivity index (χ1n) is 4.67. The first-order valence-corrected chi connectivity index (χ1v) is 5.05. The van der Waals surface area contributed by atoms with E-state index in [9.17, 15) is 0 Å². The number of nitrogen functional groups attached to an aromatic ring is 1. The lowest BCUT2D eigenvalue weighted by molar-refractivity contribution is 0.424. The predicted molar refractivity (Wildman–Crippen MR) is 62.5 cm³/mol. The molecule has 0 aliphatic carbocycles. The van der Waals surface area contributed by atoms with Crippen molar-refractivity contribution < 1.29 is 0 Å². The molecular formula is C11H17ClN2. The van der Waals surface area contributed by atoms with Gasteiger partial charge in [0.2, 0.25) is 0 Å². The zero-order valence-corrected chi connectivity index (χ0v) is 9.65. The number of hydrogen-bond donors (Lipinski definition) is 2. The SMILES string of the molecule is CC(C)(C)NCc1ccc(Cl)c(N)c1. The maximum atomic E-state index is 5.83. The standard InChI is InChI=1S/C11H17ClN2/c1-11(2,3)14-7-8-4-5-9(12)10(13)6-8/h4-6,14H,7,13H2,1-3H3. The molecule has 0 bridgehead atoms. The molecule has 0 spiro atoms. The van der Waals surface area contributed by atoms with E-state index in [1.54, 1.807) is 0 Å². The first-order chi connectivity index (χ1) is 6.38. The lowest BCUT2D eigenvalue weighted by Crippen LogP contribution is -2.35. The van der Waals surface area contributed by atoms with E-state index in [4.69, 9.17) is 17.3 Å². The van der Waals surface area contributed by atoms with Crippen molar-refractivity contribution >= 4 is 17.3 Å². The Labute approximate surface area is 90.4 Å². The molecular weight excluding hydrogens is 196 g/mol. The zero-order chi connectivity index (χ0) is 10.8. The van der Waals surface area contributed by atoms with Gasteiger partial charge >= 0.3 is 0 Å². The summed E-state index contributed by atoms with van der Waals surface area (Å²) in [7, 11) is 0. The van der Waals surface area contributed by atoms with Crippen LogP contribution in [0, 0.1) is 0 Å². The molecule has 1 aromatic rings. The minimum atomic E-state index is 0.119. The summed E-state index contributed by atoms with van der Waals surface area (Å²) in [4.78, 5) is 0. The van der Waals surface area contributed by atoms with Crippen LogP contribution in [0.15, 0.2) is 18.2 Å². The Morgan fingerprint density at radius 2 is 2.00 bits per heavy atom.